The molecule has 3 aromatic rings. The molecule has 3 aliphatic rings. The minimum atomic E-state index is -4.26. The molecule has 1 aromatic heterocycles. The fourth-order valence-electron chi connectivity index (χ4n) is 6.23. The Kier molecular flexibility index (Phi) is 8.19. The highest BCUT2D eigenvalue weighted by Crippen LogP contribution is 2.53. The maximum Gasteiger partial charge on any atom is 0.401 e. The van der Waals surface area contributed by atoms with Crippen LogP contribution in [0.4, 0.5) is 13.2 Å². The second-order valence-corrected chi connectivity index (χ2v) is 12.6. The number of rotatable bonds is 7. The van der Waals surface area contributed by atoms with Crippen LogP contribution in [0.25, 0.3) is 11.1 Å². The van der Waals surface area contributed by atoms with E-state index in [2.05, 4.69) is 10.3 Å². The van der Waals surface area contributed by atoms with Crippen molar-refractivity contribution in [2.24, 2.45) is 5.92 Å². The number of hydrogen-bond donors (Lipinski definition) is 2. The number of halogens is 3. The molecule has 2 aromatic carbocycles. The molecule has 45 heavy (non-hydrogen) atoms. The second kappa shape index (κ2) is 11.8. The number of piperidine rings is 1. The van der Waals surface area contributed by atoms with Gasteiger partial charge in [-0.05, 0) is 75.9 Å². The van der Waals surface area contributed by atoms with Gasteiger partial charge in [-0.2, -0.15) is 13.2 Å². The van der Waals surface area contributed by atoms with E-state index in [4.69, 9.17) is 18.9 Å². The number of amides is 1. The van der Waals surface area contributed by atoms with Gasteiger partial charge in [0.25, 0.3) is 17.3 Å². The number of fused-ring (bicyclic) bond motifs is 2. The van der Waals surface area contributed by atoms with Crippen LogP contribution in [-0.4, -0.2) is 60.4 Å². The molecule has 0 aliphatic carbocycles. The van der Waals surface area contributed by atoms with E-state index in [1.807, 2.05) is 18.4 Å². The number of likely N-dealkylation sites (tertiary alicyclic amines) is 1. The molecule has 4 heterocycles. The van der Waals surface area contributed by atoms with Crippen molar-refractivity contribution in [2.75, 3.05) is 32.7 Å². The molecular weight excluding hydrogens is 611 g/mol. The van der Waals surface area contributed by atoms with E-state index < -0.39 is 24.4 Å². The molecule has 13 heteroatoms. The first-order valence-corrected chi connectivity index (χ1v) is 15.9. The third kappa shape index (κ3) is 6.19. The van der Waals surface area contributed by atoms with E-state index in [1.165, 1.54) is 16.7 Å². The molecule has 0 radical (unpaired) electrons. The van der Waals surface area contributed by atoms with Gasteiger partial charge in [0.15, 0.2) is 23.0 Å². The SMILES string of the molecule is CSc1cc(C)[nH]c(=O)c1CNC(=O)c1cc(-c2ccc3c(c2)OCO3)c2c(c1C)OC(C)(C1CCN(CC(F)(F)F)CC1)O2. The van der Waals surface area contributed by atoms with E-state index in [0.717, 1.165) is 10.6 Å². The lowest BCUT2D eigenvalue weighted by Gasteiger charge is -2.39. The van der Waals surface area contributed by atoms with Crippen LogP contribution in [0.5, 0.6) is 23.0 Å². The van der Waals surface area contributed by atoms with Gasteiger partial charge >= 0.3 is 6.18 Å². The molecule has 1 atom stereocenters. The molecule has 3 aliphatic heterocycles. The summed E-state index contributed by atoms with van der Waals surface area (Å²) in [5.74, 6) is 0.253. The van der Waals surface area contributed by atoms with Crippen molar-refractivity contribution >= 4 is 17.7 Å². The lowest BCUT2D eigenvalue weighted by molar-refractivity contribution is -0.159. The Morgan fingerprint density at radius 2 is 1.80 bits per heavy atom. The average molecular weight is 646 g/mol. The fourth-order valence-corrected chi connectivity index (χ4v) is 6.94. The predicted molar refractivity (Wildman–Crippen MR) is 162 cm³/mol. The van der Waals surface area contributed by atoms with Gasteiger partial charge in [0, 0.05) is 52.2 Å². The summed E-state index contributed by atoms with van der Waals surface area (Å²) in [5, 5.41) is 2.90. The molecule has 0 spiro atoms. The van der Waals surface area contributed by atoms with Crippen LogP contribution in [0.2, 0.25) is 0 Å². The molecule has 9 nitrogen and oxygen atoms in total. The van der Waals surface area contributed by atoms with Crippen LogP contribution in [0.1, 0.15) is 46.9 Å². The predicted octanol–water partition coefficient (Wildman–Crippen LogP) is 5.80. The zero-order valence-corrected chi connectivity index (χ0v) is 26.2. The number of aromatic nitrogens is 1. The molecule has 6 rings (SSSR count). The summed E-state index contributed by atoms with van der Waals surface area (Å²) >= 11 is 1.43. The number of carbonyl (C=O) groups excluding carboxylic acids is 1. The molecule has 1 amide bonds. The van der Waals surface area contributed by atoms with Gasteiger partial charge in [0.1, 0.15) is 0 Å². The summed E-state index contributed by atoms with van der Waals surface area (Å²) in [6, 6.07) is 9.02. The number of pyridine rings is 1. The highest BCUT2D eigenvalue weighted by atomic mass is 32.2. The molecule has 1 fully saturated rings. The summed E-state index contributed by atoms with van der Waals surface area (Å²) < 4.78 is 63.1. The first-order valence-electron chi connectivity index (χ1n) is 14.6. The van der Waals surface area contributed by atoms with Crippen molar-refractivity contribution in [3.8, 4) is 34.1 Å². The van der Waals surface area contributed by atoms with Gasteiger partial charge < -0.3 is 29.2 Å². The van der Waals surface area contributed by atoms with Crippen LogP contribution >= 0.6 is 11.8 Å². The van der Waals surface area contributed by atoms with Crippen LogP contribution in [0.3, 0.4) is 0 Å². The summed E-state index contributed by atoms with van der Waals surface area (Å²) in [5.41, 5.74) is 3.11. The normalized spacial score (nSPS) is 19.6. The first kappa shape index (κ1) is 31.2. The van der Waals surface area contributed by atoms with Gasteiger partial charge in [0.05, 0.1) is 6.54 Å². The standard InChI is InChI=1S/C32H34F3N3O6S/c1-17-11-26(45-4)23(30(40)37-17)14-36-29(39)21-13-22(19-5-6-24-25(12-19)42-16-41-24)28-27(18(21)2)43-31(3,44-28)20-7-9-38(10-8-20)15-32(33,34)35/h5-6,11-13,20H,7-10,14-16H2,1-4H3,(H,36,39)(H,37,40). The maximum absolute atomic E-state index is 13.7. The number of benzene rings is 2. The largest absolute Gasteiger partial charge is 0.454 e. The Bertz CT molecular complexity index is 1700. The van der Waals surface area contributed by atoms with Crippen LogP contribution in [0, 0.1) is 19.8 Å². The van der Waals surface area contributed by atoms with Crippen molar-refractivity contribution in [3.05, 3.63) is 63.1 Å². The summed E-state index contributed by atoms with van der Waals surface area (Å²) in [4.78, 5) is 31.4. The number of H-pyrrole nitrogens is 1. The summed E-state index contributed by atoms with van der Waals surface area (Å²) in [6.07, 6.45) is -1.48. The minimum Gasteiger partial charge on any atom is -0.454 e. The smallest absolute Gasteiger partial charge is 0.401 e. The lowest BCUT2D eigenvalue weighted by Crippen LogP contribution is -2.49. The highest BCUT2D eigenvalue weighted by molar-refractivity contribution is 7.98. The number of ether oxygens (including phenoxy) is 4. The van der Waals surface area contributed by atoms with Gasteiger partial charge in [-0.1, -0.05) is 6.07 Å². The maximum atomic E-state index is 13.7. The quantitative estimate of drug-likeness (QED) is 0.311. The molecule has 0 bridgehead atoms. The summed E-state index contributed by atoms with van der Waals surface area (Å²) in [6.45, 7) is 5.07. The van der Waals surface area contributed by atoms with E-state index in [9.17, 15) is 22.8 Å². The number of carbonyl (C=O) groups is 1. The number of thioether (sulfide) groups is 1. The number of alkyl halides is 3. The number of aryl methyl sites for hydroxylation is 1. The average Bonchev–Trinajstić information content (AvgIpc) is 3.60. The molecule has 1 saturated heterocycles. The van der Waals surface area contributed by atoms with Crippen LogP contribution in [0.15, 0.2) is 40.0 Å². The molecular formula is C32H34F3N3O6S. The topological polar surface area (TPSA) is 102 Å². The van der Waals surface area contributed by atoms with Gasteiger partial charge in [-0.15, -0.1) is 11.8 Å². The Balaban J connectivity index is 1.32. The van der Waals surface area contributed by atoms with E-state index >= 15 is 0 Å². The Morgan fingerprint density at radius 3 is 2.51 bits per heavy atom. The zero-order valence-electron chi connectivity index (χ0n) is 25.4. The van der Waals surface area contributed by atoms with E-state index in [0.29, 0.717) is 63.7 Å². The van der Waals surface area contributed by atoms with Gasteiger partial charge in [-0.25, -0.2) is 0 Å². The molecule has 1 unspecified atom stereocenters. The van der Waals surface area contributed by atoms with Crippen LogP contribution in [-0.2, 0) is 6.54 Å². The van der Waals surface area contributed by atoms with E-state index in [1.54, 1.807) is 39.0 Å². The van der Waals surface area contributed by atoms with E-state index in [-0.39, 0.29) is 37.9 Å². The minimum absolute atomic E-state index is 0.0199. The fraction of sp³-hybridized carbons (Fsp3) is 0.438. The van der Waals surface area contributed by atoms with Crippen molar-refractivity contribution in [3.63, 3.8) is 0 Å². The number of hydrogen-bond acceptors (Lipinski definition) is 8. The third-order valence-electron chi connectivity index (χ3n) is 8.63. The molecule has 0 saturated carbocycles. The molecule has 240 valence electrons. The Hall–Kier alpha value is -3.84. The van der Waals surface area contributed by atoms with Crippen molar-refractivity contribution in [1.29, 1.82) is 0 Å². The highest BCUT2D eigenvalue weighted by Gasteiger charge is 2.48. The number of nitrogens with zero attached hydrogens (tertiary/aromatic N) is 1. The van der Waals surface area contributed by atoms with Gasteiger partial charge in [0.2, 0.25) is 6.79 Å². The Morgan fingerprint density at radius 1 is 1.09 bits per heavy atom. The van der Waals surface area contributed by atoms with Crippen molar-refractivity contribution < 1.29 is 36.9 Å². The van der Waals surface area contributed by atoms with Crippen LogP contribution < -0.4 is 29.8 Å². The van der Waals surface area contributed by atoms with Crippen molar-refractivity contribution in [1.82, 2.24) is 15.2 Å². The zero-order chi connectivity index (χ0) is 32.1. The lowest BCUT2D eigenvalue weighted by atomic mass is 9.89. The second-order valence-electron chi connectivity index (χ2n) is 11.7. The molecule has 2 N–H and O–H groups in total. The van der Waals surface area contributed by atoms with Gasteiger partial charge in [-0.3, -0.25) is 14.5 Å². The van der Waals surface area contributed by atoms with Crippen molar-refractivity contribution in [2.45, 2.75) is 57.0 Å². The third-order valence-corrected chi connectivity index (χ3v) is 9.43. The number of nitrogens with one attached hydrogen (secondary N) is 2. The number of aromatic amines is 1. The monoisotopic (exact) mass is 645 g/mol. The Labute approximate surface area is 262 Å². The summed E-state index contributed by atoms with van der Waals surface area (Å²) in [7, 11) is 0. The first-order chi connectivity index (χ1) is 21.3.